The summed E-state index contributed by atoms with van der Waals surface area (Å²) in [5, 5.41) is 3.68. The second kappa shape index (κ2) is 5.20. The Morgan fingerprint density at radius 2 is 2.15 bits per heavy atom. The van der Waals surface area contributed by atoms with E-state index < -0.39 is 5.97 Å². The van der Waals surface area contributed by atoms with Gasteiger partial charge >= 0.3 is 5.97 Å². The molecule has 1 amide bonds. The van der Waals surface area contributed by atoms with E-state index in [0.29, 0.717) is 17.9 Å². The highest BCUT2D eigenvalue weighted by molar-refractivity contribution is 6.37. The Morgan fingerprint density at radius 1 is 1.30 bits per heavy atom. The molecule has 1 N–H and O–H groups in total. The Hall–Kier alpha value is -2.57. The number of esters is 1. The van der Waals surface area contributed by atoms with Gasteiger partial charge in [-0.25, -0.2) is 10.2 Å². The highest BCUT2D eigenvalue weighted by Gasteiger charge is 2.20. The zero-order chi connectivity index (χ0) is 13.9. The number of ether oxygens (including phenoxy) is 3. The Kier molecular flexibility index (Phi) is 3.24. The van der Waals surface area contributed by atoms with E-state index in [1.807, 2.05) is 0 Å². The van der Waals surface area contributed by atoms with Gasteiger partial charge in [-0.05, 0) is 17.7 Å². The third kappa shape index (κ3) is 2.56. The Bertz CT molecular complexity index is 596. The quantitative estimate of drug-likeness (QED) is 0.822. The Balaban J connectivity index is 1.59. The summed E-state index contributed by atoms with van der Waals surface area (Å²) in [5.41, 5.74) is 3.28. The minimum absolute atomic E-state index is 0.114. The molecule has 0 spiro atoms. The van der Waals surface area contributed by atoms with Crippen molar-refractivity contribution in [2.45, 2.75) is 19.4 Å². The lowest BCUT2D eigenvalue weighted by molar-refractivity contribution is -0.137. The van der Waals surface area contributed by atoms with Crippen LogP contribution in [0.2, 0.25) is 0 Å². The summed E-state index contributed by atoms with van der Waals surface area (Å²) in [6.07, 6.45) is 0.545. The number of benzene rings is 1. The van der Waals surface area contributed by atoms with Gasteiger partial charge in [0.2, 0.25) is 12.7 Å². The lowest BCUT2D eigenvalue weighted by Crippen LogP contribution is -2.30. The molecule has 0 saturated carbocycles. The molecule has 0 bridgehead atoms. The average Bonchev–Trinajstić information content (AvgIpc) is 2.93. The predicted octanol–water partition coefficient (Wildman–Crippen LogP) is 0.724. The lowest BCUT2D eigenvalue weighted by Gasteiger charge is -2.11. The first-order chi connectivity index (χ1) is 9.72. The molecule has 20 heavy (non-hydrogen) atoms. The number of carbonyl (C=O) groups is 2. The van der Waals surface area contributed by atoms with Gasteiger partial charge in [0, 0.05) is 12.8 Å². The average molecular weight is 276 g/mol. The minimum atomic E-state index is -0.525. The van der Waals surface area contributed by atoms with Crippen molar-refractivity contribution < 1.29 is 23.8 Å². The Labute approximate surface area is 114 Å². The van der Waals surface area contributed by atoms with E-state index >= 15 is 0 Å². The second-order valence-corrected chi connectivity index (χ2v) is 4.36. The zero-order valence-electron chi connectivity index (χ0n) is 10.5. The summed E-state index contributed by atoms with van der Waals surface area (Å²) in [4.78, 5) is 22.7. The number of hydrogen-bond donors (Lipinski definition) is 1. The highest BCUT2D eigenvalue weighted by Crippen LogP contribution is 2.32. The van der Waals surface area contributed by atoms with Crippen LogP contribution in [0.1, 0.15) is 18.4 Å². The van der Waals surface area contributed by atoms with Crippen molar-refractivity contribution in [2.24, 2.45) is 5.10 Å². The largest absolute Gasteiger partial charge is 0.456 e. The standard InChI is InChI=1S/C13H12N2O5/c16-12-4-2-9(14-15-12)13(17)18-6-8-1-3-10-11(5-8)20-7-19-10/h1,3,5H,2,4,6-7H2,(H,15,16). The number of amides is 1. The van der Waals surface area contributed by atoms with Crippen LogP contribution in [-0.4, -0.2) is 24.4 Å². The van der Waals surface area contributed by atoms with Crippen molar-refractivity contribution in [1.82, 2.24) is 5.43 Å². The number of nitrogens with zero attached hydrogens (tertiary/aromatic N) is 1. The first kappa shape index (κ1) is 12.5. The molecule has 0 radical (unpaired) electrons. The van der Waals surface area contributed by atoms with Crippen LogP contribution < -0.4 is 14.9 Å². The maximum atomic E-state index is 11.8. The van der Waals surface area contributed by atoms with Gasteiger partial charge in [-0.1, -0.05) is 6.07 Å². The van der Waals surface area contributed by atoms with Gasteiger partial charge in [-0.2, -0.15) is 5.10 Å². The maximum Gasteiger partial charge on any atom is 0.354 e. The molecule has 2 aliphatic rings. The monoisotopic (exact) mass is 276 g/mol. The van der Waals surface area contributed by atoms with Crippen LogP contribution >= 0.6 is 0 Å². The summed E-state index contributed by atoms with van der Waals surface area (Å²) in [6.45, 7) is 0.317. The highest BCUT2D eigenvalue weighted by atomic mass is 16.7. The SMILES string of the molecule is O=C1CCC(C(=O)OCc2ccc3c(c2)OCO3)=NN1. The number of fused-ring (bicyclic) bond motifs is 1. The van der Waals surface area contributed by atoms with Gasteiger partial charge in [-0.15, -0.1) is 0 Å². The van der Waals surface area contributed by atoms with E-state index in [9.17, 15) is 9.59 Å². The van der Waals surface area contributed by atoms with Gasteiger partial charge < -0.3 is 14.2 Å². The van der Waals surface area contributed by atoms with Crippen LogP contribution in [-0.2, 0) is 20.9 Å². The van der Waals surface area contributed by atoms with E-state index in [1.54, 1.807) is 18.2 Å². The maximum absolute atomic E-state index is 11.8. The van der Waals surface area contributed by atoms with E-state index in [0.717, 1.165) is 5.56 Å². The predicted molar refractivity (Wildman–Crippen MR) is 67.2 cm³/mol. The number of rotatable bonds is 3. The van der Waals surface area contributed by atoms with Crippen LogP contribution in [0.5, 0.6) is 11.5 Å². The van der Waals surface area contributed by atoms with Crippen LogP contribution in [0.15, 0.2) is 23.3 Å². The third-order valence-electron chi connectivity index (χ3n) is 2.95. The topological polar surface area (TPSA) is 86.2 Å². The zero-order valence-corrected chi connectivity index (χ0v) is 10.5. The minimum Gasteiger partial charge on any atom is -0.456 e. The molecule has 7 nitrogen and oxygen atoms in total. The molecule has 0 aromatic heterocycles. The van der Waals surface area contributed by atoms with E-state index in [-0.39, 0.29) is 31.4 Å². The molecule has 0 saturated heterocycles. The van der Waals surface area contributed by atoms with Crippen LogP contribution in [0.25, 0.3) is 0 Å². The first-order valence-electron chi connectivity index (χ1n) is 6.13. The lowest BCUT2D eigenvalue weighted by atomic mass is 10.2. The fraction of sp³-hybridized carbons (Fsp3) is 0.308. The number of carbonyl (C=O) groups excluding carboxylic acids is 2. The molecule has 0 aliphatic carbocycles. The summed E-state index contributed by atoms with van der Waals surface area (Å²) < 4.78 is 15.6. The van der Waals surface area contributed by atoms with Gasteiger partial charge in [0.05, 0.1) is 0 Å². The molecule has 104 valence electrons. The van der Waals surface area contributed by atoms with Crippen molar-refractivity contribution in [3.63, 3.8) is 0 Å². The number of hydrazone groups is 1. The molecule has 1 aromatic rings. The van der Waals surface area contributed by atoms with Crippen molar-refractivity contribution in [2.75, 3.05) is 6.79 Å². The van der Waals surface area contributed by atoms with Gasteiger partial charge in [-0.3, -0.25) is 4.79 Å². The van der Waals surface area contributed by atoms with Crippen molar-refractivity contribution in [3.8, 4) is 11.5 Å². The molecule has 2 heterocycles. The van der Waals surface area contributed by atoms with Crippen molar-refractivity contribution in [1.29, 1.82) is 0 Å². The molecule has 3 rings (SSSR count). The smallest absolute Gasteiger partial charge is 0.354 e. The third-order valence-corrected chi connectivity index (χ3v) is 2.95. The molecule has 0 atom stereocenters. The molecule has 7 heteroatoms. The molecule has 0 unspecified atom stereocenters. The number of nitrogens with one attached hydrogen (secondary N) is 1. The summed E-state index contributed by atoms with van der Waals surface area (Å²) >= 11 is 0. The molecule has 0 fully saturated rings. The molecular formula is C13H12N2O5. The first-order valence-corrected chi connectivity index (χ1v) is 6.13. The van der Waals surface area contributed by atoms with Crippen LogP contribution in [0, 0.1) is 0 Å². The fourth-order valence-electron chi connectivity index (χ4n) is 1.88. The van der Waals surface area contributed by atoms with Gasteiger partial charge in [0.25, 0.3) is 0 Å². The number of hydrogen-bond acceptors (Lipinski definition) is 6. The second-order valence-electron chi connectivity index (χ2n) is 4.36. The van der Waals surface area contributed by atoms with Crippen molar-refractivity contribution in [3.05, 3.63) is 23.8 Å². The summed E-state index contributed by atoms with van der Waals surface area (Å²) in [5.74, 6) is 0.597. The van der Waals surface area contributed by atoms with Gasteiger partial charge in [0.1, 0.15) is 12.3 Å². The fourth-order valence-corrected chi connectivity index (χ4v) is 1.88. The summed E-state index contributed by atoms with van der Waals surface area (Å²) in [6, 6.07) is 5.33. The van der Waals surface area contributed by atoms with E-state index in [1.165, 1.54) is 0 Å². The van der Waals surface area contributed by atoms with Crippen molar-refractivity contribution >= 4 is 17.6 Å². The normalized spacial score (nSPS) is 16.4. The van der Waals surface area contributed by atoms with E-state index in [4.69, 9.17) is 14.2 Å². The van der Waals surface area contributed by atoms with E-state index in [2.05, 4.69) is 10.5 Å². The van der Waals surface area contributed by atoms with Crippen LogP contribution in [0.4, 0.5) is 0 Å². The Morgan fingerprint density at radius 3 is 2.95 bits per heavy atom. The molecule has 2 aliphatic heterocycles. The molecule has 1 aromatic carbocycles. The van der Waals surface area contributed by atoms with Gasteiger partial charge in [0.15, 0.2) is 11.5 Å². The van der Waals surface area contributed by atoms with Crippen LogP contribution in [0.3, 0.4) is 0 Å². The molecular weight excluding hydrogens is 264 g/mol. The summed E-state index contributed by atoms with van der Waals surface area (Å²) in [7, 11) is 0.